The number of rotatable bonds is 2. The van der Waals surface area contributed by atoms with E-state index in [1.54, 1.807) is 0 Å². The van der Waals surface area contributed by atoms with E-state index in [-0.39, 0.29) is 17.9 Å². The van der Waals surface area contributed by atoms with Gasteiger partial charge in [0.2, 0.25) is 0 Å². The van der Waals surface area contributed by atoms with Crippen molar-refractivity contribution in [1.82, 2.24) is 0 Å². The summed E-state index contributed by atoms with van der Waals surface area (Å²) in [4.78, 5) is 0. The summed E-state index contributed by atoms with van der Waals surface area (Å²) in [5, 5.41) is 0. The van der Waals surface area contributed by atoms with Gasteiger partial charge in [-0.1, -0.05) is 55.2 Å². The van der Waals surface area contributed by atoms with E-state index >= 15 is 0 Å². The lowest BCUT2D eigenvalue weighted by Gasteiger charge is -2.34. The number of aryl methyl sites for hydroxylation is 1. The van der Waals surface area contributed by atoms with Crippen LogP contribution in [0, 0.1) is 12.3 Å². The van der Waals surface area contributed by atoms with Crippen molar-refractivity contribution >= 4 is 12.5 Å². The van der Waals surface area contributed by atoms with E-state index < -0.39 is 0 Å². The Balaban J connectivity index is 2.17. The standard InChI is InChI=1S/C17H25BO/c1-13-7-9-15(10-8-13)14(2)11-18-12-16(3,4)17(5,6)19-18/h7-11H,12H2,1-6H3/b14-11+. The second-order valence-electron chi connectivity index (χ2n) is 6.97. The smallest absolute Gasteiger partial charge is 0.320 e. The van der Waals surface area contributed by atoms with Crippen LogP contribution in [0.5, 0.6) is 0 Å². The van der Waals surface area contributed by atoms with Crippen LogP contribution in [0.1, 0.15) is 45.7 Å². The third-order valence-electron chi connectivity index (χ3n) is 4.73. The summed E-state index contributed by atoms with van der Waals surface area (Å²) in [5.74, 6) is 2.28. The molecule has 1 aliphatic rings. The van der Waals surface area contributed by atoms with Gasteiger partial charge in [0.1, 0.15) is 0 Å². The zero-order valence-electron chi connectivity index (χ0n) is 13.1. The first-order chi connectivity index (χ1) is 8.71. The van der Waals surface area contributed by atoms with Gasteiger partial charge in [-0.25, -0.2) is 0 Å². The molecule has 1 aliphatic heterocycles. The van der Waals surface area contributed by atoms with Crippen LogP contribution < -0.4 is 0 Å². The largest absolute Gasteiger partial charge is 0.426 e. The first kappa shape index (κ1) is 14.4. The summed E-state index contributed by atoms with van der Waals surface area (Å²) in [6.45, 7) is 13.5. The van der Waals surface area contributed by atoms with Crippen molar-refractivity contribution < 1.29 is 4.65 Å². The van der Waals surface area contributed by atoms with E-state index in [1.165, 1.54) is 16.7 Å². The molecule has 1 aromatic rings. The maximum Gasteiger partial charge on any atom is 0.320 e. The average Bonchev–Trinajstić information content (AvgIpc) is 2.47. The predicted octanol–water partition coefficient (Wildman–Crippen LogP) is 4.76. The van der Waals surface area contributed by atoms with Gasteiger partial charge in [0, 0.05) is 0 Å². The highest BCUT2D eigenvalue weighted by atomic mass is 16.5. The Bertz CT molecular complexity index is 466. The Morgan fingerprint density at radius 2 is 1.74 bits per heavy atom. The fraction of sp³-hybridized carbons (Fsp3) is 0.529. The van der Waals surface area contributed by atoms with E-state index in [0.717, 1.165) is 6.32 Å². The van der Waals surface area contributed by atoms with Crippen LogP contribution in [0.3, 0.4) is 0 Å². The van der Waals surface area contributed by atoms with Gasteiger partial charge in [0.05, 0.1) is 5.60 Å². The van der Waals surface area contributed by atoms with Gasteiger partial charge in [-0.2, -0.15) is 0 Å². The lowest BCUT2D eigenvalue weighted by atomic mass is 9.58. The summed E-state index contributed by atoms with van der Waals surface area (Å²) >= 11 is 0. The molecule has 1 fully saturated rings. The Morgan fingerprint density at radius 1 is 1.16 bits per heavy atom. The minimum absolute atomic E-state index is 0.0538. The zero-order chi connectivity index (χ0) is 14.3. The average molecular weight is 256 g/mol. The second kappa shape index (κ2) is 4.83. The first-order valence-electron chi connectivity index (χ1n) is 7.15. The highest BCUT2D eigenvalue weighted by Crippen LogP contribution is 2.45. The maximum atomic E-state index is 6.20. The summed E-state index contributed by atoms with van der Waals surface area (Å²) < 4.78 is 6.20. The minimum atomic E-state index is -0.0538. The predicted molar refractivity (Wildman–Crippen MR) is 84.3 cm³/mol. The van der Waals surface area contributed by atoms with E-state index in [2.05, 4.69) is 71.8 Å². The van der Waals surface area contributed by atoms with Gasteiger partial charge in [-0.15, -0.1) is 0 Å². The van der Waals surface area contributed by atoms with E-state index in [0.29, 0.717) is 0 Å². The quantitative estimate of drug-likeness (QED) is 0.693. The summed E-state index contributed by atoms with van der Waals surface area (Å²) in [6, 6.07) is 8.70. The van der Waals surface area contributed by atoms with Crippen LogP contribution in [0.4, 0.5) is 0 Å². The zero-order valence-corrected chi connectivity index (χ0v) is 13.1. The number of hydrogen-bond acceptors (Lipinski definition) is 1. The van der Waals surface area contributed by atoms with Crippen molar-refractivity contribution in [3.05, 3.63) is 41.4 Å². The summed E-state index contributed by atoms with van der Waals surface area (Å²) in [7, 11) is 0. The van der Waals surface area contributed by atoms with Crippen LogP contribution in [-0.4, -0.2) is 12.5 Å². The van der Waals surface area contributed by atoms with Gasteiger partial charge < -0.3 is 4.65 Å². The Morgan fingerprint density at radius 3 is 2.21 bits per heavy atom. The van der Waals surface area contributed by atoms with Crippen molar-refractivity contribution in [3.8, 4) is 0 Å². The van der Waals surface area contributed by atoms with E-state index in [1.807, 2.05) is 0 Å². The molecule has 0 aliphatic carbocycles. The first-order valence-corrected chi connectivity index (χ1v) is 7.15. The van der Waals surface area contributed by atoms with Crippen LogP contribution in [0.25, 0.3) is 5.57 Å². The molecule has 1 nitrogen and oxygen atoms in total. The van der Waals surface area contributed by atoms with Gasteiger partial charge in [-0.3, -0.25) is 0 Å². The molecule has 0 unspecified atom stereocenters. The SMILES string of the molecule is C/C(=C\B1CC(C)(C)C(C)(C)O1)c1ccc(C)cc1. The topological polar surface area (TPSA) is 9.23 Å². The molecule has 0 saturated carbocycles. The third-order valence-corrected chi connectivity index (χ3v) is 4.73. The molecular weight excluding hydrogens is 231 g/mol. The Kier molecular flexibility index (Phi) is 3.66. The molecule has 1 saturated heterocycles. The molecule has 0 amide bonds. The second-order valence-corrected chi connectivity index (χ2v) is 6.97. The van der Waals surface area contributed by atoms with Crippen LogP contribution in [-0.2, 0) is 4.65 Å². The van der Waals surface area contributed by atoms with E-state index in [9.17, 15) is 0 Å². The van der Waals surface area contributed by atoms with Crippen molar-refractivity contribution in [2.45, 2.75) is 53.5 Å². The normalized spacial score (nSPS) is 21.8. The highest BCUT2D eigenvalue weighted by Gasteiger charge is 2.48. The van der Waals surface area contributed by atoms with Crippen molar-refractivity contribution in [2.24, 2.45) is 5.41 Å². The van der Waals surface area contributed by atoms with Crippen LogP contribution in [0.2, 0.25) is 6.32 Å². The number of benzene rings is 1. The van der Waals surface area contributed by atoms with Gasteiger partial charge in [-0.05, 0) is 45.0 Å². The molecule has 2 heteroatoms. The molecule has 0 atom stereocenters. The molecule has 0 bridgehead atoms. The lowest BCUT2D eigenvalue weighted by molar-refractivity contribution is 0.0374. The number of allylic oxidation sites excluding steroid dienone is 1. The van der Waals surface area contributed by atoms with Gasteiger partial charge in [0.15, 0.2) is 0 Å². The molecule has 19 heavy (non-hydrogen) atoms. The van der Waals surface area contributed by atoms with Gasteiger partial charge in [0.25, 0.3) is 0 Å². The van der Waals surface area contributed by atoms with Crippen LogP contribution in [0.15, 0.2) is 30.2 Å². The minimum Gasteiger partial charge on any atom is -0.426 e. The molecule has 0 N–H and O–H groups in total. The molecule has 102 valence electrons. The molecular formula is C17H25BO. The Labute approximate surface area is 118 Å². The third kappa shape index (κ3) is 2.95. The lowest BCUT2D eigenvalue weighted by Crippen LogP contribution is -2.34. The molecule has 2 rings (SSSR count). The molecule has 1 heterocycles. The van der Waals surface area contributed by atoms with Crippen molar-refractivity contribution in [3.63, 3.8) is 0 Å². The molecule has 0 radical (unpaired) electrons. The fourth-order valence-electron chi connectivity index (χ4n) is 2.61. The molecule has 0 aromatic heterocycles. The number of hydrogen-bond donors (Lipinski definition) is 0. The fourth-order valence-corrected chi connectivity index (χ4v) is 2.61. The summed E-state index contributed by atoms with van der Waals surface area (Å²) in [6.07, 6.45) is 1.09. The monoisotopic (exact) mass is 256 g/mol. The Hall–Kier alpha value is -1.02. The highest BCUT2D eigenvalue weighted by molar-refractivity contribution is 6.60. The van der Waals surface area contributed by atoms with Crippen LogP contribution >= 0.6 is 0 Å². The van der Waals surface area contributed by atoms with Gasteiger partial charge >= 0.3 is 6.92 Å². The molecule has 0 spiro atoms. The summed E-state index contributed by atoms with van der Waals surface area (Å²) in [5.41, 5.74) is 4.06. The van der Waals surface area contributed by atoms with Crippen molar-refractivity contribution in [2.75, 3.05) is 0 Å². The van der Waals surface area contributed by atoms with Crippen molar-refractivity contribution in [1.29, 1.82) is 0 Å². The van der Waals surface area contributed by atoms with E-state index in [4.69, 9.17) is 4.65 Å². The molecule has 1 aromatic carbocycles. The maximum absolute atomic E-state index is 6.20.